The Kier molecular flexibility index (Phi) is 5.03. The Morgan fingerprint density at radius 1 is 1.38 bits per heavy atom. The molecule has 0 saturated heterocycles. The Labute approximate surface area is 136 Å². The van der Waals surface area contributed by atoms with E-state index in [-0.39, 0.29) is 10.6 Å². The molecule has 0 bridgehead atoms. The highest BCUT2D eigenvalue weighted by atomic mass is 35.5. The van der Waals surface area contributed by atoms with Crippen LogP contribution in [0.15, 0.2) is 35.2 Å². The number of nitrogens with zero attached hydrogens (tertiary/aromatic N) is 1. The zero-order valence-electron chi connectivity index (χ0n) is 11.0. The molecule has 1 heterocycles. The van der Waals surface area contributed by atoms with Crippen LogP contribution < -0.4 is 5.32 Å². The lowest BCUT2D eigenvalue weighted by atomic mass is 10.2. The van der Waals surface area contributed by atoms with Gasteiger partial charge in [0.25, 0.3) is 5.91 Å². The summed E-state index contributed by atoms with van der Waals surface area (Å²) in [5.74, 6) is -0.519. The van der Waals surface area contributed by atoms with E-state index in [1.165, 1.54) is 11.3 Å². The molecule has 2 rings (SSSR count). The highest BCUT2D eigenvalue weighted by Crippen LogP contribution is 2.30. The van der Waals surface area contributed by atoms with E-state index in [9.17, 15) is 4.79 Å². The quantitative estimate of drug-likeness (QED) is 0.639. The van der Waals surface area contributed by atoms with Gasteiger partial charge in [-0.3, -0.25) is 4.79 Å². The number of anilines is 1. The zero-order valence-corrected chi connectivity index (χ0v) is 13.3. The lowest BCUT2D eigenvalue weighted by Crippen LogP contribution is -2.13. The summed E-state index contributed by atoms with van der Waals surface area (Å²) in [4.78, 5) is 13.0. The summed E-state index contributed by atoms with van der Waals surface area (Å²) in [6, 6.07) is 8.74. The number of carbonyl (C=O) groups is 1. The van der Waals surface area contributed by atoms with E-state index in [4.69, 9.17) is 28.5 Å². The van der Waals surface area contributed by atoms with Crippen molar-refractivity contribution in [1.29, 1.82) is 5.26 Å². The van der Waals surface area contributed by atoms with E-state index in [1.807, 2.05) is 24.4 Å². The second-order valence-electron chi connectivity index (χ2n) is 4.19. The van der Waals surface area contributed by atoms with E-state index in [0.717, 1.165) is 10.4 Å². The third-order valence-corrected chi connectivity index (χ3v) is 4.53. The van der Waals surface area contributed by atoms with Crippen molar-refractivity contribution < 1.29 is 4.79 Å². The molecule has 0 saturated carbocycles. The Bertz CT molecular complexity index is 759. The van der Waals surface area contributed by atoms with Crippen LogP contribution in [0.2, 0.25) is 10.0 Å². The lowest BCUT2D eigenvalue weighted by Gasteiger charge is -2.07. The fraction of sp³-hybridized carbons (Fsp3) is 0.0667. The molecule has 106 valence electrons. The second-order valence-corrected chi connectivity index (χ2v) is 5.93. The molecule has 0 radical (unpaired) electrons. The highest BCUT2D eigenvalue weighted by Gasteiger charge is 2.13. The Balaban J connectivity index is 2.26. The van der Waals surface area contributed by atoms with Gasteiger partial charge in [-0.15, -0.1) is 11.3 Å². The topological polar surface area (TPSA) is 52.9 Å². The summed E-state index contributed by atoms with van der Waals surface area (Å²) < 4.78 is 0. The Hall–Kier alpha value is -1.80. The number of benzene rings is 1. The van der Waals surface area contributed by atoms with E-state index < -0.39 is 5.91 Å². The van der Waals surface area contributed by atoms with Crippen molar-refractivity contribution in [3.63, 3.8) is 0 Å². The molecule has 0 spiro atoms. The molecule has 0 aliphatic carbocycles. The Morgan fingerprint density at radius 2 is 2.14 bits per heavy atom. The van der Waals surface area contributed by atoms with Gasteiger partial charge in [-0.2, -0.15) is 5.26 Å². The first-order chi connectivity index (χ1) is 10.0. The van der Waals surface area contributed by atoms with Crippen molar-refractivity contribution in [2.45, 2.75) is 6.92 Å². The van der Waals surface area contributed by atoms with Crippen LogP contribution in [0.5, 0.6) is 0 Å². The SMILES string of the molecule is Cc1ccsc1/C=C(\C#N)C(=O)Nc1cccc(Cl)c1Cl. The molecule has 1 aromatic heterocycles. The minimum Gasteiger partial charge on any atom is -0.320 e. The minimum atomic E-state index is -0.519. The summed E-state index contributed by atoms with van der Waals surface area (Å²) in [6.45, 7) is 1.92. The van der Waals surface area contributed by atoms with Crippen molar-refractivity contribution in [3.05, 3.63) is 55.7 Å². The maximum absolute atomic E-state index is 12.1. The number of nitrogens with one attached hydrogen (secondary N) is 1. The van der Waals surface area contributed by atoms with E-state index in [0.29, 0.717) is 10.7 Å². The van der Waals surface area contributed by atoms with Crippen molar-refractivity contribution in [1.82, 2.24) is 0 Å². The van der Waals surface area contributed by atoms with Gasteiger partial charge in [0.05, 0.1) is 15.7 Å². The largest absolute Gasteiger partial charge is 0.320 e. The number of thiophene rings is 1. The van der Waals surface area contributed by atoms with Crippen LogP contribution in [0.1, 0.15) is 10.4 Å². The summed E-state index contributed by atoms with van der Waals surface area (Å²) in [6.07, 6.45) is 1.56. The molecule has 0 fully saturated rings. The van der Waals surface area contributed by atoms with Crippen LogP contribution in [-0.2, 0) is 4.79 Å². The number of hydrogen-bond acceptors (Lipinski definition) is 3. The number of hydrogen-bond donors (Lipinski definition) is 1. The number of aryl methyl sites for hydroxylation is 1. The van der Waals surface area contributed by atoms with Gasteiger partial charge in [0.2, 0.25) is 0 Å². The molecule has 1 amide bonds. The molecule has 21 heavy (non-hydrogen) atoms. The molecule has 1 aromatic carbocycles. The van der Waals surface area contributed by atoms with Crippen molar-refractivity contribution in [2.24, 2.45) is 0 Å². The molecule has 0 aliphatic heterocycles. The van der Waals surface area contributed by atoms with Crippen molar-refractivity contribution in [3.8, 4) is 6.07 Å². The number of amides is 1. The molecule has 0 unspecified atom stereocenters. The first-order valence-electron chi connectivity index (χ1n) is 5.94. The van der Waals surface area contributed by atoms with E-state index in [1.54, 1.807) is 24.3 Å². The van der Waals surface area contributed by atoms with Gasteiger partial charge in [0.1, 0.15) is 11.6 Å². The molecule has 0 atom stereocenters. The summed E-state index contributed by atoms with van der Waals surface area (Å²) in [7, 11) is 0. The summed E-state index contributed by atoms with van der Waals surface area (Å²) in [5.41, 5.74) is 1.40. The molecule has 3 nitrogen and oxygen atoms in total. The van der Waals surface area contributed by atoms with E-state index >= 15 is 0 Å². The van der Waals surface area contributed by atoms with Gasteiger partial charge < -0.3 is 5.32 Å². The van der Waals surface area contributed by atoms with Crippen LogP contribution in [0.25, 0.3) is 6.08 Å². The smallest absolute Gasteiger partial charge is 0.266 e. The average molecular weight is 337 g/mol. The molecule has 1 N–H and O–H groups in total. The van der Waals surface area contributed by atoms with Crippen LogP contribution in [0, 0.1) is 18.3 Å². The number of carbonyl (C=O) groups excluding carboxylic acids is 1. The monoisotopic (exact) mass is 336 g/mol. The lowest BCUT2D eigenvalue weighted by molar-refractivity contribution is -0.112. The fourth-order valence-electron chi connectivity index (χ4n) is 1.60. The van der Waals surface area contributed by atoms with Gasteiger partial charge in [-0.05, 0) is 42.1 Å². The third kappa shape index (κ3) is 3.64. The summed E-state index contributed by atoms with van der Waals surface area (Å²) >= 11 is 13.4. The minimum absolute atomic E-state index is 0.0107. The molecular weight excluding hydrogens is 327 g/mol. The first kappa shape index (κ1) is 15.6. The maximum Gasteiger partial charge on any atom is 0.266 e. The third-order valence-electron chi connectivity index (χ3n) is 2.74. The van der Waals surface area contributed by atoms with Crippen LogP contribution in [-0.4, -0.2) is 5.91 Å². The molecular formula is C15H10Cl2N2OS. The van der Waals surface area contributed by atoms with Crippen LogP contribution in [0.4, 0.5) is 5.69 Å². The second kappa shape index (κ2) is 6.77. The molecule has 6 heteroatoms. The zero-order chi connectivity index (χ0) is 15.4. The van der Waals surface area contributed by atoms with Gasteiger partial charge in [0.15, 0.2) is 0 Å². The highest BCUT2D eigenvalue weighted by molar-refractivity contribution is 7.11. The van der Waals surface area contributed by atoms with Crippen LogP contribution >= 0.6 is 34.5 Å². The number of rotatable bonds is 3. The first-order valence-corrected chi connectivity index (χ1v) is 7.57. The van der Waals surface area contributed by atoms with Gasteiger partial charge in [-0.25, -0.2) is 0 Å². The van der Waals surface area contributed by atoms with Crippen molar-refractivity contribution >= 4 is 52.2 Å². The van der Waals surface area contributed by atoms with Crippen molar-refractivity contribution in [2.75, 3.05) is 5.32 Å². The van der Waals surface area contributed by atoms with Gasteiger partial charge in [0, 0.05) is 4.88 Å². The van der Waals surface area contributed by atoms with Gasteiger partial charge in [-0.1, -0.05) is 29.3 Å². The summed E-state index contributed by atoms with van der Waals surface area (Å²) in [5, 5.41) is 14.2. The normalized spacial score (nSPS) is 11.0. The molecule has 2 aromatic rings. The number of halogens is 2. The number of nitriles is 1. The Morgan fingerprint density at radius 3 is 2.76 bits per heavy atom. The predicted molar refractivity (Wildman–Crippen MR) is 87.7 cm³/mol. The standard InChI is InChI=1S/C15H10Cl2N2OS/c1-9-5-6-21-13(9)7-10(8-18)15(20)19-12-4-2-3-11(16)14(12)17/h2-7H,1H3,(H,19,20)/b10-7+. The molecule has 0 aliphatic rings. The van der Waals surface area contributed by atoms with Gasteiger partial charge >= 0.3 is 0 Å². The fourth-order valence-corrected chi connectivity index (χ4v) is 2.81. The average Bonchev–Trinajstić information content (AvgIpc) is 2.86. The van der Waals surface area contributed by atoms with Crippen LogP contribution in [0.3, 0.4) is 0 Å². The van der Waals surface area contributed by atoms with E-state index in [2.05, 4.69) is 5.32 Å². The maximum atomic E-state index is 12.1. The predicted octanol–water partition coefficient (Wildman–Crippen LogP) is 4.91.